The summed E-state index contributed by atoms with van der Waals surface area (Å²) in [5.74, 6) is 0.595. The maximum absolute atomic E-state index is 11.7. The quantitative estimate of drug-likeness (QED) is 0.892. The highest BCUT2D eigenvalue weighted by molar-refractivity contribution is 7.10. The van der Waals surface area contributed by atoms with Gasteiger partial charge in [-0.15, -0.1) is 11.3 Å². The molecule has 0 aliphatic heterocycles. The first-order valence-electron chi connectivity index (χ1n) is 5.66. The van der Waals surface area contributed by atoms with Crippen molar-refractivity contribution in [1.82, 2.24) is 10.3 Å². The van der Waals surface area contributed by atoms with Gasteiger partial charge in [-0.05, 0) is 42.5 Å². The van der Waals surface area contributed by atoms with Gasteiger partial charge in [0.15, 0.2) is 0 Å². The van der Waals surface area contributed by atoms with Crippen LogP contribution in [-0.2, 0) is 6.54 Å². The van der Waals surface area contributed by atoms with Gasteiger partial charge in [0.1, 0.15) is 5.82 Å². The normalized spacial score (nSPS) is 10.1. The zero-order chi connectivity index (χ0) is 13.0. The van der Waals surface area contributed by atoms with Gasteiger partial charge in [0.05, 0.1) is 6.54 Å². The van der Waals surface area contributed by atoms with E-state index in [1.807, 2.05) is 37.4 Å². The van der Waals surface area contributed by atoms with Crippen LogP contribution in [0.25, 0.3) is 0 Å². The maximum atomic E-state index is 11.7. The number of nitrogens with one attached hydrogen (secondary N) is 2. The van der Waals surface area contributed by atoms with E-state index >= 15 is 0 Å². The van der Waals surface area contributed by atoms with Crippen LogP contribution in [0.15, 0.2) is 29.8 Å². The predicted octanol–water partition coefficient (Wildman–Crippen LogP) is 3.08. The van der Waals surface area contributed by atoms with Crippen LogP contribution in [0, 0.1) is 13.8 Å². The number of urea groups is 1. The fraction of sp³-hybridized carbons (Fsp3) is 0.231. The third kappa shape index (κ3) is 3.07. The molecule has 2 aromatic rings. The van der Waals surface area contributed by atoms with Crippen molar-refractivity contribution in [3.63, 3.8) is 0 Å². The summed E-state index contributed by atoms with van der Waals surface area (Å²) in [7, 11) is 0. The number of aryl methyl sites for hydroxylation is 2. The molecule has 0 aliphatic rings. The Morgan fingerprint density at radius 1 is 1.33 bits per heavy atom. The average Bonchev–Trinajstić information content (AvgIpc) is 2.75. The molecule has 0 aliphatic carbocycles. The minimum atomic E-state index is -0.232. The summed E-state index contributed by atoms with van der Waals surface area (Å²) in [4.78, 5) is 17.0. The molecule has 0 aromatic carbocycles. The highest BCUT2D eigenvalue weighted by Gasteiger charge is 2.06. The molecule has 0 bridgehead atoms. The number of carbonyl (C=O) groups excluding carboxylic acids is 1. The molecular weight excluding hydrogens is 246 g/mol. The minimum Gasteiger partial charge on any atom is -0.333 e. The van der Waals surface area contributed by atoms with Crippen molar-refractivity contribution in [1.29, 1.82) is 0 Å². The molecule has 4 nitrogen and oxygen atoms in total. The van der Waals surface area contributed by atoms with E-state index < -0.39 is 0 Å². The highest BCUT2D eigenvalue weighted by atomic mass is 32.1. The lowest BCUT2D eigenvalue weighted by Gasteiger charge is -2.08. The Bertz CT molecular complexity index is 551. The predicted molar refractivity (Wildman–Crippen MR) is 73.9 cm³/mol. The molecule has 0 atom stereocenters. The summed E-state index contributed by atoms with van der Waals surface area (Å²) in [6.45, 7) is 4.49. The molecule has 0 fully saturated rings. The summed E-state index contributed by atoms with van der Waals surface area (Å²) in [6.07, 6.45) is 1.66. The SMILES string of the molecule is Cc1cccnc1NC(=O)NCc1sccc1C. The smallest absolute Gasteiger partial charge is 0.320 e. The van der Waals surface area contributed by atoms with Gasteiger partial charge in [-0.25, -0.2) is 9.78 Å². The van der Waals surface area contributed by atoms with E-state index in [2.05, 4.69) is 15.6 Å². The molecule has 2 N–H and O–H groups in total. The van der Waals surface area contributed by atoms with E-state index in [-0.39, 0.29) is 6.03 Å². The number of amides is 2. The first-order valence-corrected chi connectivity index (χ1v) is 6.54. The summed E-state index contributed by atoms with van der Waals surface area (Å²) in [5.41, 5.74) is 2.15. The lowest BCUT2D eigenvalue weighted by Crippen LogP contribution is -2.28. The Morgan fingerprint density at radius 3 is 2.83 bits per heavy atom. The molecule has 2 rings (SSSR count). The van der Waals surface area contributed by atoms with Crippen molar-refractivity contribution in [3.8, 4) is 0 Å². The molecule has 0 radical (unpaired) electrons. The third-order valence-corrected chi connectivity index (χ3v) is 3.64. The Balaban J connectivity index is 1.90. The number of anilines is 1. The van der Waals surface area contributed by atoms with Gasteiger partial charge in [0.25, 0.3) is 0 Å². The van der Waals surface area contributed by atoms with Crippen LogP contribution in [0.5, 0.6) is 0 Å². The van der Waals surface area contributed by atoms with Gasteiger partial charge in [-0.3, -0.25) is 5.32 Å². The summed E-state index contributed by atoms with van der Waals surface area (Å²) in [6, 6.07) is 5.56. The third-order valence-electron chi connectivity index (χ3n) is 2.62. The van der Waals surface area contributed by atoms with Gasteiger partial charge in [-0.2, -0.15) is 0 Å². The Morgan fingerprint density at radius 2 is 2.17 bits per heavy atom. The number of carbonyl (C=O) groups is 1. The second kappa shape index (κ2) is 5.64. The highest BCUT2D eigenvalue weighted by Crippen LogP contribution is 2.15. The van der Waals surface area contributed by atoms with Crippen LogP contribution in [0.1, 0.15) is 16.0 Å². The molecule has 5 heteroatoms. The molecule has 18 heavy (non-hydrogen) atoms. The van der Waals surface area contributed by atoms with Crippen molar-refractivity contribution in [2.24, 2.45) is 0 Å². The number of nitrogens with zero attached hydrogens (tertiary/aromatic N) is 1. The van der Waals surface area contributed by atoms with Crippen molar-refractivity contribution >= 4 is 23.2 Å². The zero-order valence-corrected chi connectivity index (χ0v) is 11.2. The Kier molecular flexibility index (Phi) is 3.94. The lowest BCUT2D eigenvalue weighted by molar-refractivity contribution is 0.251. The number of hydrogen-bond donors (Lipinski definition) is 2. The molecule has 0 saturated heterocycles. The maximum Gasteiger partial charge on any atom is 0.320 e. The molecule has 2 amide bonds. The molecular formula is C13H15N3OS. The second-order valence-electron chi connectivity index (χ2n) is 4.00. The van der Waals surface area contributed by atoms with Gasteiger partial charge >= 0.3 is 6.03 Å². The van der Waals surface area contributed by atoms with E-state index in [9.17, 15) is 4.79 Å². The van der Waals surface area contributed by atoms with E-state index in [1.165, 1.54) is 10.4 Å². The van der Waals surface area contributed by atoms with Gasteiger partial charge in [0, 0.05) is 11.1 Å². The van der Waals surface area contributed by atoms with E-state index in [4.69, 9.17) is 0 Å². The molecule has 2 aromatic heterocycles. The van der Waals surface area contributed by atoms with Crippen molar-refractivity contribution in [2.45, 2.75) is 20.4 Å². The Hall–Kier alpha value is -1.88. The van der Waals surface area contributed by atoms with Gasteiger partial charge in [-0.1, -0.05) is 6.07 Å². The molecule has 0 unspecified atom stereocenters. The fourth-order valence-corrected chi connectivity index (χ4v) is 2.36. The van der Waals surface area contributed by atoms with Gasteiger partial charge < -0.3 is 5.32 Å². The van der Waals surface area contributed by atoms with Crippen LogP contribution >= 0.6 is 11.3 Å². The minimum absolute atomic E-state index is 0.232. The number of rotatable bonds is 3. The number of hydrogen-bond acceptors (Lipinski definition) is 3. The molecule has 2 heterocycles. The summed E-state index contributed by atoms with van der Waals surface area (Å²) < 4.78 is 0. The topological polar surface area (TPSA) is 54.0 Å². The largest absolute Gasteiger partial charge is 0.333 e. The lowest BCUT2D eigenvalue weighted by atomic mass is 10.3. The van der Waals surface area contributed by atoms with E-state index in [1.54, 1.807) is 17.5 Å². The second-order valence-corrected chi connectivity index (χ2v) is 5.00. The van der Waals surface area contributed by atoms with Crippen LogP contribution < -0.4 is 10.6 Å². The van der Waals surface area contributed by atoms with Crippen LogP contribution in [-0.4, -0.2) is 11.0 Å². The molecule has 94 valence electrons. The standard InChI is InChI=1S/C13H15N3OS/c1-9-5-7-18-11(9)8-15-13(17)16-12-10(2)4-3-6-14-12/h3-7H,8H2,1-2H3,(H2,14,15,16,17). The molecule has 0 saturated carbocycles. The molecule has 0 spiro atoms. The average molecular weight is 261 g/mol. The van der Waals surface area contributed by atoms with Crippen LogP contribution in [0.2, 0.25) is 0 Å². The first-order chi connectivity index (χ1) is 8.66. The Labute approximate surface area is 110 Å². The zero-order valence-electron chi connectivity index (χ0n) is 10.4. The van der Waals surface area contributed by atoms with Crippen LogP contribution in [0.3, 0.4) is 0 Å². The summed E-state index contributed by atoms with van der Waals surface area (Å²) >= 11 is 1.64. The van der Waals surface area contributed by atoms with E-state index in [0.717, 1.165) is 5.56 Å². The van der Waals surface area contributed by atoms with Crippen molar-refractivity contribution in [3.05, 3.63) is 45.8 Å². The van der Waals surface area contributed by atoms with E-state index in [0.29, 0.717) is 12.4 Å². The van der Waals surface area contributed by atoms with Crippen LogP contribution in [0.4, 0.5) is 10.6 Å². The summed E-state index contributed by atoms with van der Waals surface area (Å²) in [5, 5.41) is 7.58. The number of thiophene rings is 1. The van der Waals surface area contributed by atoms with Crippen molar-refractivity contribution in [2.75, 3.05) is 5.32 Å². The number of pyridine rings is 1. The van der Waals surface area contributed by atoms with Crippen molar-refractivity contribution < 1.29 is 4.79 Å². The van der Waals surface area contributed by atoms with Gasteiger partial charge in [0.2, 0.25) is 0 Å². The fourth-order valence-electron chi connectivity index (χ4n) is 1.51. The monoisotopic (exact) mass is 261 g/mol. The number of aromatic nitrogens is 1. The first kappa shape index (κ1) is 12.6.